The van der Waals surface area contributed by atoms with E-state index in [2.05, 4.69) is 112 Å². The van der Waals surface area contributed by atoms with Crippen LogP contribution < -0.4 is 40.2 Å². The number of hydrogen-bond acceptors (Lipinski definition) is 20. The molecule has 8 aliphatic heterocycles. The molecule has 0 N–H and O–H groups in total. The zero-order chi connectivity index (χ0) is 71.1. The summed E-state index contributed by atoms with van der Waals surface area (Å²) >= 11 is 0. The van der Waals surface area contributed by atoms with Crippen molar-refractivity contribution in [1.29, 1.82) is 21.0 Å². The highest BCUT2D eigenvalue weighted by atomic mass is 16.5. The molecule has 8 heterocycles. The second kappa shape index (κ2) is 56.3. The first kappa shape index (κ1) is 95.7. The standard InChI is InChI=1S/8C7H16NO.4CBNO2/c8*1-3-8(2)4-6-9-7-5-8;4*3-1-2(4)5/h8*3-7H2,1-2H3;;;;/q8*+1;4*-2. The quantitative estimate of drug-likeness (QED) is 0.161. The van der Waals surface area contributed by atoms with Crippen LogP contribution in [0.2, 0.25) is 0 Å². The van der Waals surface area contributed by atoms with Crippen LogP contribution in [0.25, 0.3) is 0 Å². The van der Waals surface area contributed by atoms with Gasteiger partial charge in [-0.05, 0) is 79.3 Å². The van der Waals surface area contributed by atoms with Crippen LogP contribution in [0.5, 0.6) is 0 Å². The van der Waals surface area contributed by atoms with E-state index in [1.54, 1.807) is 0 Å². The highest BCUT2D eigenvalue weighted by molar-refractivity contribution is 6.47. The van der Waals surface area contributed by atoms with Gasteiger partial charge in [0.05, 0.1) is 214 Å². The number of likely N-dealkylation sites (N-methyl/N-ethyl adjacent to an activating group) is 8. The van der Waals surface area contributed by atoms with E-state index in [1.165, 1.54) is 193 Å². The van der Waals surface area contributed by atoms with E-state index < -0.39 is 28.5 Å². The number of nitriles is 4. The molecule has 0 bridgehead atoms. The lowest BCUT2D eigenvalue weighted by Gasteiger charge is -2.36. The summed E-state index contributed by atoms with van der Waals surface area (Å²) in [7, 11) is 9.11. The van der Waals surface area contributed by atoms with E-state index in [0.717, 1.165) is 130 Å². The first-order chi connectivity index (χ1) is 43.2. The van der Waals surface area contributed by atoms with Crippen molar-refractivity contribution >= 4 is 28.5 Å². The summed E-state index contributed by atoms with van der Waals surface area (Å²) < 4.78 is 51.6. The number of hydrogen-bond donors (Lipinski definition) is 0. The van der Waals surface area contributed by atoms with Gasteiger partial charge in [-0.15, -0.1) is 0 Å². The van der Waals surface area contributed by atoms with Gasteiger partial charge in [0.15, 0.2) is 0 Å². The molecule has 0 saturated carbocycles. The second-order valence-electron chi connectivity index (χ2n) is 25.8. The van der Waals surface area contributed by atoms with Crippen molar-refractivity contribution in [3.63, 3.8) is 0 Å². The Hall–Kier alpha value is -2.74. The molecule has 8 aliphatic rings. The smallest absolute Gasteiger partial charge is 0.102 e. The summed E-state index contributed by atoms with van der Waals surface area (Å²) in [5, 5.41) is 101. The molecule has 0 aromatic rings. The monoisotopic (exact) mass is 1320 g/mol. The predicted octanol–water partition coefficient (Wildman–Crippen LogP) is -7.10. The molecule has 0 spiro atoms. The molecule has 0 radical (unpaired) electrons. The van der Waals surface area contributed by atoms with Crippen molar-refractivity contribution in [1.82, 2.24) is 0 Å². The van der Waals surface area contributed by atoms with Gasteiger partial charge in [0.1, 0.15) is 105 Å². The molecule has 0 atom stereocenters. The molecule has 0 unspecified atom stereocenters. The van der Waals surface area contributed by atoms with Crippen molar-refractivity contribution in [3.8, 4) is 23.9 Å². The van der Waals surface area contributed by atoms with Crippen LogP contribution in [-0.4, -0.2) is 384 Å². The average molecular weight is 1320 g/mol. The van der Waals surface area contributed by atoms with Crippen LogP contribution in [-0.2, 0) is 37.9 Å². The Kier molecular flexibility index (Phi) is 58.5. The lowest BCUT2D eigenvalue weighted by molar-refractivity contribution is -0.915. The Morgan fingerprint density at radius 1 is 0.217 bits per heavy atom. The third-order valence-electron chi connectivity index (χ3n) is 18.9. The zero-order valence-corrected chi connectivity index (χ0v) is 60.5. The summed E-state index contributed by atoms with van der Waals surface area (Å²) in [6.07, 6.45) is 0. The minimum absolute atomic E-state index is 0.917. The van der Waals surface area contributed by atoms with Gasteiger partial charge < -0.3 is 114 Å². The molecule has 8 rings (SSSR count). The van der Waals surface area contributed by atoms with Crippen LogP contribution >= 0.6 is 0 Å². The van der Waals surface area contributed by atoms with Crippen molar-refractivity contribution in [2.45, 2.75) is 55.4 Å². The van der Waals surface area contributed by atoms with Crippen molar-refractivity contribution in [3.05, 3.63) is 0 Å². The van der Waals surface area contributed by atoms with Gasteiger partial charge in [-0.2, -0.15) is 0 Å². The van der Waals surface area contributed by atoms with E-state index in [0.29, 0.717) is 0 Å². The number of morpholine rings is 8. The molecule has 0 aromatic heterocycles. The molecular weight excluding hydrogens is 1190 g/mol. The summed E-state index contributed by atoms with van der Waals surface area (Å²) in [5.41, 5.74) is 0. The summed E-state index contributed by atoms with van der Waals surface area (Å²) in [6, 6.07) is 0. The largest absolute Gasteiger partial charge is 0.881 e. The summed E-state index contributed by atoms with van der Waals surface area (Å²) in [5.74, 6) is 3.67. The molecule has 0 amide bonds. The van der Waals surface area contributed by atoms with E-state index in [9.17, 15) is 0 Å². The second-order valence-corrected chi connectivity index (χ2v) is 25.8. The maximum Gasteiger partial charge on any atom is 0.102 e. The maximum atomic E-state index is 8.98. The summed E-state index contributed by atoms with van der Waals surface area (Å²) in [6.45, 7) is 62.1. The topological polar surface area (TPSA) is 353 Å². The number of quaternary nitrogens is 8. The maximum absolute atomic E-state index is 8.98. The number of nitrogens with zero attached hydrogens (tertiary/aromatic N) is 12. The minimum Gasteiger partial charge on any atom is -0.881 e. The fourth-order valence-corrected chi connectivity index (χ4v) is 8.80. The van der Waals surface area contributed by atoms with E-state index in [-0.39, 0.29) is 0 Å². The molecular formula is C60H128B4N12O16. The van der Waals surface area contributed by atoms with Gasteiger partial charge in [-0.25, -0.2) is 21.0 Å². The van der Waals surface area contributed by atoms with E-state index in [1.807, 2.05) is 0 Å². The third kappa shape index (κ3) is 54.4. The normalized spacial score (nSPS) is 21.6. The molecule has 0 aliphatic carbocycles. The Balaban J connectivity index is -0.000000463. The highest BCUT2D eigenvalue weighted by Gasteiger charge is 2.27. The number of ether oxygens (including phenoxy) is 8. The molecule has 92 heavy (non-hydrogen) atoms. The first-order valence-corrected chi connectivity index (χ1v) is 33.4. The first-order valence-electron chi connectivity index (χ1n) is 33.4. The molecule has 536 valence electrons. The fourth-order valence-electron chi connectivity index (χ4n) is 8.80. The van der Waals surface area contributed by atoms with Crippen molar-refractivity contribution < 1.29 is 114 Å². The molecule has 0 aromatic carbocycles. The number of rotatable bonds is 8. The zero-order valence-electron chi connectivity index (χ0n) is 60.5. The average Bonchev–Trinajstić information content (AvgIpc) is 3.78. The Morgan fingerprint density at radius 3 is 0.315 bits per heavy atom. The Morgan fingerprint density at radius 2 is 0.283 bits per heavy atom. The lowest BCUT2D eigenvalue weighted by atomic mass is 9.97. The highest BCUT2D eigenvalue weighted by Crippen LogP contribution is 2.11. The van der Waals surface area contributed by atoms with Crippen LogP contribution in [0.4, 0.5) is 0 Å². The van der Waals surface area contributed by atoms with Crippen LogP contribution in [0, 0.1) is 44.9 Å². The SMILES string of the molecule is CC[N+]1(C)CCOCC1.CC[N+]1(C)CCOCC1.CC[N+]1(C)CCOCC1.CC[N+]1(C)CCOCC1.CC[N+]1(C)CCOCC1.CC[N+]1(C)CCOCC1.CC[N+]1(C)CCOCC1.CC[N+]1(C)CCOCC1.N#CB([O-])[O-].N#CB([O-])[O-].N#CB([O-])[O-].N#CB([O-])[O-]. The molecule has 32 heteroatoms. The van der Waals surface area contributed by atoms with Gasteiger partial charge in [0.25, 0.3) is 0 Å². The van der Waals surface area contributed by atoms with Crippen LogP contribution in [0.3, 0.4) is 0 Å². The van der Waals surface area contributed by atoms with Crippen LogP contribution in [0.1, 0.15) is 55.4 Å². The summed E-state index contributed by atoms with van der Waals surface area (Å²) in [4.78, 5) is 0. The molecule has 8 fully saturated rings. The molecule has 8 saturated heterocycles. The van der Waals surface area contributed by atoms with Gasteiger partial charge in [0, 0.05) is 28.5 Å². The third-order valence-corrected chi connectivity index (χ3v) is 18.9. The molecule has 28 nitrogen and oxygen atoms in total. The lowest BCUT2D eigenvalue weighted by Crippen LogP contribution is -2.51. The van der Waals surface area contributed by atoms with Crippen molar-refractivity contribution in [2.75, 3.05) is 319 Å². The van der Waals surface area contributed by atoms with Gasteiger partial charge in [-0.1, -0.05) is 0 Å². The predicted molar refractivity (Wildman–Crippen MR) is 344 cm³/mol. The van der Waals surface area contributed by atoms with Crippen molar-refractivity contribution in [2.24, 2.45) is 0 Å². The van der Waals surface area contributed by atoms with Gasteiger partial charge in [0.2, 0.25) is 0 Å². The van der Waals surface area contributed by atoms with Gasteiger partial charge >= 0.3 is 0 Å². The van der Waals surface area contributed by atoms with E-state index in [4.69, 9.17) is 99.1 Å². The van der Waals surface area contributed by atoms with Gasteiger partial charge in [-0.3, -0.25) is 0 Å². The van der Waals surface area contributed by atoms with Crippen LogP contribution in [0.15, 0.2) is 0 Å². The fraction of sp³-hybridized carbons (Fsp3) is 0.933. The minimum atomic E-state index is -2.31. The van der Waals surface area contributed by atoms with E-state index >= 15 is 0 Å². The Labute approximate surface area is 559 Å². The Bertz CT molecular complexity index is 1520.